The number of benzene rings is 1. The van der Waals surface area contributed by atoms with Gasteiger partial charge >= 0.3 is 6.18 Å². The Bertz CT molecular complexity index is 971. The second-order valence-electron chi connectivity index (χ2n) is 4.72. The first-order chi connectivity index (χ1) is 10.7. The number of halogens is 3. The highest BCUT2D eigenvalue weighted by Crippen LogP contribution is 2.39. The van der Waals surface area contributed by atoms with Gasteiger partial charge in [-0.2, -0.15) is 13.2 Å². The lowest BCUT2D eigenvalue weighted by Gasteiger charge is -2.04. The molecule has 3 aromatic rings. The van der Waals surface area contributed by atoms with Crippen molar-refractivity contribution in [1.82, 2.24) is 4.98 Å². The summed E-state index contributed by atoms with van der Waals surface area (Å²) in [6, 6.07) is 4.85. The fourth-order valence-corrected chi connectivity index (χ4v) is 5.54. The maximum Gasteiger partial charge on any atom is 0.416 e. The normalized spacial score (nSPS) is 12.9. The van der Waals surface area contributed by atoms with Gasteiger partial charge in [-0.05, 0) is 29.6 Å². The van der Waals surface area contributed by atoms with Gasteiger partial charge in [-0.25, -0.2) is 13.4 Å². The van der Waals surface area contributed by atoms with E-state index >= 15 is 0 Å². The first-order valence-electron chi connectivity index (χ1n) is 6.51. The van der Waals surface area contributed by atoms with Crippen LogP contribution in [0.5, 0.6) is 0 Å². The maximum atomic E-state index is 12.8. The van der Waals surface area contributed by atoms with Gasteiger partial charge in [0.2, 0.25) is 0 Å². The molecule has 0 saturated heterocycles. The standard InChI is InChI=1S/C14H10F3NO2S3/c1-2-23(19,20)11-5-6-21-12(11)13-18-9-7-8(14(15,16)17)3-4-10(9)22-13/h3-7H,2H2,1H3. The number of fused-ring (bicyclic) bond motifs is 1. The zero-order valence-corrected chi connectivity index (χ0v) is 14.2. The molecule has 1 aromatic carbocycles. The molecule has 122 valence electrons. The monoisotopic (exact) mass is 377 g/mol. The van der Waals surface area contributed by atoms with Gasteiger partial charge in [0.05, 0.1) is 31.3 Å². The summed E-state index contributed by atoms with van der Waals surface area (Å²) in [5, 5.41) is 2.06. The molecular formula is C14H10F3NO2S3. The van der Waals surface area contributed by atoms with E-state index in [1.165, 1.54) is 34.8 Å². The van der Waals surface area contributed by atoms with Crippen molar-refractivity contribution in [2.45, 2.75) is 18.0 Å². The molecule has 0 aliphatic carbocycles. The lowest BCUT2D eigenvalue weighted by atomic mass is 10.2. The van der Waals surface area contributed by atoms with Crippen molar-refractivity contribution < 1.29 is 21.6 Å². The summed E-state index contributed by atoms with van der Waals surface area (Å²) in [6.07, 6.45) is -4.43. The van der Waals surface area contributed by atoms with Gasteiger partial charge in [-0.1, -0.05) is 6.92 Å². The molecule has 0 aliphatic heterocycles. The van der Waals surface area contributed by atoms with Gasteiger partial charge in [0.1, 0.15) is 5.01 Å². The number of hydrogen-bond acceptors (Lipinski definition) is 5. The Labute approximate surface area is 138 Å². The fraction of sp³-hybridized carbons (Fsp3) is 0.214. The van der Waals surface area contributed by atoms with E-state index in [1.54, 1.807) is 12.3 Å². The highest BCUT2D eigenvalue weighted by molar-refractivity contribution is 7.91. The largest absolute Gasteiger partial charge is 0.416 e. The molecule has 0 atom stereocenters. The third kappa shape index (κ3) is 3.00. The minimum absolute atomic E-state index is 0.0418. The van der Waals surface area contributed by atoms with Gasteiger partial charge in [-0.3, -0.25) is 0 Å². The van der Waals surface area contributed by atoms with E-state index < -0.39 is 21.6 Å². The second-order valence-corrected chi connectivity index (χ2v) is 8.91. The summed E-state index contributed by atoms with van der Waals surface area (Å²) in [5.74, 6) is -0.0418. The first-order valence-corrected chi connectivity index (χ1v) is 9.85. The van der Waals surface area contributed by atoms with Gasteiger partial charge < -0.3 is 0 Å². The van der Waals surface area contributed by atoms with E-state index in [-0.39, 0.29) is 16.2 Å². The summed E-state index contributed by atoms with van der Waals surface area (Å²) >= 11 is 2.40. The van der Waals surface area contributed by atoms with Gasteiger partial charge in [0.15, 0.2) is 9.84 Å². The molecule has 3 rings (SSSR count). The maximum absolute atomic E-state index is 12.8. The topological polar surface area (TPSA) is 47.0 Å². The number of alkyl halides is 3. The predicted molar refractivity (Wildman–Crippen MR) is 85.7 cm³/mol. The van der Waals surface area contributed by atoms with E-state index in [1.807, 2.05) is 0 Å². The van der Waals surface area contributed by atoms with Crippen LogP contribution in [0.25, 0.3) is 20.1 Å². The molecule has 2 heterocycles. The number of rotatable bonds is 3. The van der Waals surface area contributed by atoms with Crippen LogP contribution in [0.1, 0.15) is 12.5 Å². The molecule has 0 aliphatic rings. The Morgan fingerprint density at radius 3 is 2.61 bits per heavy atom. The van der Waals surface area contributed by atoms with Gasteiger partial charge in [0, 0.05) is 0 Å². The van der Waals surface area contributed by atoms with Crippen molar-refractivity contribution >= 4 is 42.7 Å². The number of nitrogens with zero attached hydrogens (tertiary/aromatic N) is 1. The van der Waals surface area contributed by atoms with Crippen LogP contribution in [0.4, 0.5) is 13.2 Å². The lowest BCUT2D eigenvalue weighted by Crippen LogP contribution is -2.04. The van der Waals surface area contributed by atoms with Crippen molar-refractivity contribution in [3.63, 3.8) is 0 Å². The van der Waals surface area contributed by atoms with Crippen LogP contribution in [-0.4, -0.2) is 19.2 Å². The molecule has 0 fully saturated rings. The Morgan fingerprint density at radius 2 is 1.96 bits per heavy atom. The quantitative estimate of drug-likeness (QED) is 0.656. The highest BCUT2D eigenvalue weighted by Gasteiger charge is 2.31. The third-order valence-corrected chi connectivity index (χ3v) is 7.26. The molecule has 2 aromatic heterocycles. The first kappa shape index (κ1) is 16.4. The molecule has 3 nitrogen and oxygen atoms in total. The smallest absolute Gasteiger partial charge is 0.235 e. The van der Waals surface area contributed by atoms with Crippen molar-refractivity contribution in [2.75, 3.05) is 5.75 Å². The van der Waals surface area contributed by atoms with E-state index in [9.17, 15) is 21.6 Å². The van der Waals surface area contributed by atoms with E-state index in [0.717, 1.165) is 12.1 Å². The predicted octanol–water partition coefficient (Wildman–Crippen LogP) is 4.84. The van der Waals surface area contributed by atoms with E-state index in [2.05, 4.69) is 4.98 Å². The van der Waals surface area contributed by atoms with Crippen molar-refractivity contribution in [3.05, 3.63) is 35.2 Å². The Balaban J connectivity index is 2.14. The summed E-state index contributed by atoms with van der Waals surface area (Å²) < 4.78 is 63.0. The Morgan fingerprint density at radius 1 is 1.22 bits per heavy atom. The number of sulfone groups is 1. The van der Waals surface area contributed by atoms with Crippen LogP contribution in [0, 0.1) is 0 Å². The minimum Gasteiger partial charge on any atom is -0.235 e. The Kier molecular flexibility index (Phi) is 3.97. The molecular weight excluding hydrogens is 367 g/mol. The lowest BCUT2D eigenvalue weighted by molar-refractivity contribution is -0.137. The van der Waals surface area contributed by atoms with Crippen LogP contribution in [0.2, 0.25) is 0 Å². The molecule has 0 saturated carbocycles. The van der Waals surface area contributed by atoms with Crippen LogP contribution < -0.4 is 0 Å². The number of thiophene rings is 1. The van der Waals surface area contributed by atoms with Crippen LogP contribution in [0.15, 0.2) is 34.5 Å². The third-order valence-electron chi connectivity index (χ3n) is 3.25. The second kappa shape index (κ2) is 5.57. The molecule has 9 heteroatoms. The van der Waals surface area contributed by atoms with Gasteiger partial charge in [0.25, 0.3) is 0 Å². The summed E-state index contributed by atoms with van der Waals surface area (Å²) in [7, 11) is -3.41. The summed E-state index contributed by atoms with van der Waals surface area (Å²) in [5.41, 5.74) is -0.553. The zero-order valence-electron chi connectivity index (χ0n) is 11.7. The molecule has 0 bridgehead atoms. The Hall–Kier alpha value is -1.45. The van der Waals surface area contributed by atoms with Crippen LogP contribution in [-0.2, 0) is 16.0 Å². The average Bonchev–Trinajstić information content (AvgIpc) is 3.11. The number of aromatic nitrogens is 1. The summed E-state index contributed by atoms with van der Waals surface area (Å²) in [4.78, 5) is 4.86. The molecule has 23 heavy (non-hydrogen) atoms. The fourth-order valence-electron chi connectivity index (χ4n) is 2.05. The molecule has 0 N–H and O–H groups in total. The van der Waals surface area contributed by atoms with Gasteiger partial charge in [-0.15, -0.1) is 22.7 Å². The average molecular weight is 377 g/mol. The molecule has 0 radical (unpaired) electrons. The highest BCUT2D eigenvalue weighted by atomic mass is 32.2. The number of hydrogen-bond donors (Lipinski definition) is 0. The summed E-state index contributed by atoms with van der Waals surface area (Å²) in [6.45, 7) is 1.55. The van der Waals surface area contributed by atoms with E-state index in [0.29, 0.717) is 14.6 Å². The van der Waals surface area contributed by atoms with E-state index in [4.69, 9.17) is 0 Å². The van der Waals surface area contributed by atoms with Crippen molar-refractivity contribution in [1.29, 1.82) is 0 Å². The van der Waals surface area contributed by atoms with Crippen LogP contribution >= 0.6 is 22.7 Å². The molecule has 0 amide bonds. The molecule has 0 unspecified atom stereocenters. The molecule has 0 spiro atoms. The minimum atomic E-state index is -4.43. The van der Waals surface area contributed by atoms with Crippen LogP contribution in [0.3, 0.4) is 0 Å². The SMILES string of the molecule is CCS(=O)(=O)c1ccsc1-c1nc2cc(C(F)(F)F)ccc2s1. The van der Waals surface area contributed by atoms with Crippen molar-refractivity contribution in [2.24, 2.45) is 0 Å². The van der Waals surface area contributed by atoms with Crippen molar-refractivity contribution in [3.8, 4) is 9.88 Å². The zero-order chi connectivity index (χ0) is 16.8. The number of thiazole rings is 1.